The van der Waals surface area contributed by atoms with Crippen molar-refractivity contribution >= 4 is 15.5 Å². The van der Waals surface area contributed by atoms with Gasteiger partial charge in [0.1, 0.15) is 0 Å². The van der Waals surface area contributed by atoms with E-state index in [1.54, 1.807) is 6.20 Å². The maximum atomic E-state index is 11.5. The highest BCUT2D eigenvalue weighted by Gasteiger charge is 2.23. The predicted molar refractivity (Wildman–Crippen MR) is 81.7 cm³/mol. The number of hydrogen-bond donors (Lipinski definition) is 1. The lowest BCUT2D eigenvalue weighted by Gasteiger charge is -2.31. The average Bonchev–Trinajstić information content (AvgIpc) is 2.36. The van der Waals surface area contributed by atoms with Crippen molar-refractivity contribution in [3.63, 3.8) is 0 Å². The van der Waals surface area contributed by atoms with Crippen LogP contribution in [0.3, 0.4) is 0 Å². The van der Waals surface area contributed by atoms with Gasteiger partial charge in [0.15, 0.2) is 9.84 Å². The Morgan fingerprint density at radius 1 is 1.30 bits per heavy atom. The van der Waals surface area contributed by atoms with Crippen LogP contribution in [0.1, 0.15) is 26.3 Å². The Balaban J connectivity index is 2.12. The van der Waals surface area contributed by atoms with Gasteiger partial charge < -0.3 is 10.2 Å². The molecule has 2 rings (SSSR count). The number of aromatic nitrogens is 1. The van der Waals surface area contributed by atoms with E-state index in [1.165, 1.54) is 0 Å². The van der Waals surface area contributed by atoms with Gasteiger partial charge in [-0.25, -0.2) is 8.42 Å². The standard InChI is InChI=1S/C14H23N3O2S/c1-14(2,3)16-11-12-10-15-5-4-13(12)17-6-8-20(18,19)9-7-17/h4-5,10,16H,6-9,11H2,1-3H3. The highest BCUT2D eigenvalue weighted by atomic mass is 32.2. The Kier molecular flexibility index (Phi) is 4.34. The van der Waals surface area contributed by atoms with Gasteiger partial charge >= 0.3 is 0 Å². The average molecular weight is 297 g/mol. The van der Waals surface area contributed by atoms with E-state index in [0.29, 0.717) is 13.1 Å². The summed E-state index contributed by atoms with van der Waals surface area (Å²) >= 11 is 0. The zero-order valence-corrected chi connectivity index (χ0v) is 13.2. The summed E-state index contributed by atoms with van der Waals surface area (Å²) in [7, 11) is -2.84. The molecule has 0 bridgehead atoms. The normalized spacial score (nSPS) is 19.1. The van der Waals surface area contributed by atoms with E-state index >= 15 is 0 Å². The topological polar surface area (TPSA) is 62.3 Å². The molecule has 1 saturated heterocycles. The van der Waals surface area contributed by atoms with Crippen LogP contribution in [0.15, 0.2) is 18.5 Å². The molecule has 1 aromatic rings. The molecule has 0 aliphatic carbocycles. The largest absolute Gasteiger partial charge is 0.369 e. The quantitative estimate of drug-likeness (QED) is 0.908. The summed E-state index contributed by atoms with van der Waals surface area (Å²) in [6.07, 6.45) is 3.62. The SMILES string of the molecule is CC(C)(C)NCc1cnccc1N1CCS(=O)(=O)CC1. The first-order valence-electron chi connectivity index (χ1n) is 6.90. The van der Waals surface area contributed by atoms with Crippen LogP contribution < -0.4 is 10.2 Å². The molecule has 1 fully saturated rings. The summed E-state index contributed by atoms with van der Waals surface area (Å²) in [6, 6.07) is 1.97. The minimum atomic E-state index is -2.84. The van der Waals surface area contributed by atoms with Gasteiger partial charge in [-0.1, -0.05) is 0 Å². The predicted octanol–water partition coefficient (Wildman–Crippen LogP) is 1.20. The molecule has 2 heterocycles. The second kappa shape index (κ2) is 5.69. The molecule has 112 valence electrons. The van der Waals surface area contributed by atoms with Gasteiger partial charge in [0.05, 0.1) is 11.5 Å². The molecule has 0 aromatic carbocycles. The van der Waals surface area contributed by atoms with E-state index in [2.05, 4.69) is 36.0 Å². The summed E-state index contributed by atoms with van der Waals surface area (Å²) in [6.45, 7) is 8.23. The lowest BCUT2D eigenvalue weighted by molar-refractivity contribution is 0.424. The van der Waals surface area contributed by atoms with Crippen LogP contribution in [0.4, 0.5) is 5.69 Å². The third-order valence-electron chi connectivity index (χ3n) is 3.37. The van der Waals surface area contributed by atoms with E-state index < -0.39 is 9.84 Å². The molecule has 0 atom stereocenters. The Labute approximate surface area is 121 Å². The monoisotopic (exact) mass is 297 g/mol. The number of sulfone groups is 1. The first-order chi connectivity index (χ1) is 9.27. The second-order valence-electron chi connectivity index (χ2n) is 6.25. The highest BCUT2D eigenvalue weighted by molar-refractivity contribution is 7.91. The minimum Gasteiger partial charge on any atom is -0.369 e. The maximum Gasteiger partial charge on any atom is 0.153 e. The lowest BCUT2D eigenvalue weighted by Crippen LogP contribution is -2.41. The third kappa shape index (κ3) is 4.18. The number of anilines is 1. The van der Waals surface area contributed by atoms with E-state index in [0.717, 1.165) is 17.8 Å². The fraction of sp³-hybridized carbons (Fsp3) is 0.643. The zero-order chi connectivity index (χ0) is 14.8. The van der Waals surface area contributed by atoms with Crippen molar-refractivity contribution in [2.45, 2.75) is 32.9 Å². The van der Waals surface area contributed by atoms with E-state index in [9.17, 15) is 8.42 Å². The van der Waals surface area contributed by atoms with Gasteiger partial charge in [-0.05, 0) is 26.8 Å². The molecule has 0 unspecified atom stereocenters. The maximum absolute atomic E-state index is 11.5. The molecule has 5 nitrogen and oxygen atoms in total. The minimum absolute atomic E-state index is 0.0400. The van der Waals surface area contributed by atoms with E-state index in [4.69, 9.17) is 0 Å². The summed E-state index contributed by atoms with van der Waals surface area (Å²) < 4.78 is 23.0. The Morgan fingerprint density at radius 2 is 1.95 bits per heavy atom. The number of nitrogens with zero attached hydrogens (tertiary/aromatic N) is 2. The summed E-state index contributed by atoms with van der Waals surface area (Å²) in [5, 5.41) is 3.45. The van der Waals surface area contributed by atoms with Gasteiger partial charge in [-0.3, -0.25) is 4.98 Å². The summed E-state index contributed by atoms with van der Waals surface area (Å²) in [4.78, 5) is 6.33. The van der Waals surface area contributed by atoms with Crippen LogP contribution in [0, 0.1) is 0 Å². The van der Waals surface area contributed by atoms with Gasteiger partial charge in [-0.15, -0.1) is 0 Å². The summed E-state index contributed by atoms with van der Waals surface area (Å²) in [5.74, 6) is 0.475. The number of rotatable bonds is 3. The molecule has 1 aliphatic heterocycles. The van der Waals surface area contributed by atoms with Crippen LogP contribution in [0.5, 0.6) is 0 Å². The van der Waals surface area contributed by atoms with Crippen LogP contribution in [-0.2, 0) is 16.4 Å². The van der Waals surface area contributed by atoms with Crippen LogP contribution in [0.25, 0.3) is 0 Å². The first kappa shape index (κ1) is 15.3. The Morgan fingerprint density at radius 3 is 2.55 bits per heavy atom. The molecule has 0 spiro atoms. The fourth-order valence-electron chi connectivity index (χ4n) is 2.18. The van der Waals surface area contributed by atoms with Gasteiger partial charge in [0.2, 0.25) is 0 Å². The van der Waals surface area contributed by atoms with E-state index in [1.807, 2.05) is 12.3 Å². The molecular formula is C14H23N3O2S. The van der Waals surface area contributed by atoms with Crippen molar-refractivity contribution in [1.82, 2.24) is 10.3 Å². The molecule has 1 aliphatic rings. The van der Waals surface area contributed by atoms with Crippen molar-refractivity contribution in [2.75, 3.05) is 29.5 Å². The molecule has 0 radical (unpaired) electrons. The first-order valence-corrected chi connectivity index (χ1v) is 8.72. The van der Waals surface area contributed by atoms with Crippen molar-refractivity contribution < 1.29 is 8.42 Å². The molecule has 0 saturated carbocycles. The Bertz CT molecular complexity index is 550. The van der Waals surface area contributed by atoms with Crippen molar-refractivity contribution in [1.29, 1.82) is 0 Å². The molecule has 0 amide bonds. The van der Waals surface area contributed by atoms with Gasteiger partial charge in [0, 0.05) is 48.8 Å². The van der Waals surface area contributed by atoms with Gasteiger partial charge in [-0.2, -0.15) is 0 Å². The number of hydrogen-bond acceptors (Lipinski definition) is 5. The van der Waals surface area contributed by atoms with Crippen molar-refractivity contribution in [3.05, 3.63) is 24.0 Å². The second-order valence-corrected chi connectivity index (χ2v) is 8.55. The zero-order valence-electron chi connectivity index (χ0n) is 12.4. The van der Waals surface area contributed by atoms with Gasteiger partial charge in [0.25, 0.3) is 0 Å². The van der Waals surface area contributed by atoms with Crippen LogP contribution in [-0.4, -0.2) is 43.5 Å². The van der Waals surface area contributed by atoms with Crippen molar-refractivity contribution in [3.8, 4) is 0 Å². The summed E-state index contributed by atoms with van der Waals surface area (Å²) in [5.41, 5.74) is 2.24. The fourth-order valence-corrected chi connectivity index (χ4v) is 3.38. The molecule has 6 heteroatoms. The number of pyridine rings is 1. The molecule has 1 N–H and O–H groups in total. The smallest absolute Gasteiger partial charge is 0.153 e. The Hall–Kier alpha value is -1.14. The lowest BCUT2D eigenvalue weighted by atomic mass is 10.1. The third-order valence-corrected chi connectivity index (χ3v) is 4.98. The van der Waals surface area contributed by atoms with Crippen molar-refractivity contribution in [2.24, 2.45) is 0 Å². The van der Waals surface area contributed by atoms with E-state index in [-0.39, 0.29) is 17.0 Å². The molecule has 20 heavy (non-hydrogen) atoms. The van der Waals surface area contributed by atoms with Crippen LogP contribution in [0.2, 0.25) is 0 Å². The molecule has 1 aromatic heterocycles. The molecular weight excluding hydrogens is 274 g/mol. The van der Waals surface area contributed by atoms with Crippen LogP contribution >= 0.6 is 0 Å². The highest BCUT2D eigenvalue weighted by Crippen LogP contribution is 2.22. The number of nitrogens with one attached hydrogen (secondary N) is 1.